The molecule has 3 aromatic carbocycles. The molecule has 0 saturated carbocycles. The van der Waals surface area contributed by atoms with Crippen molar-refractivity contribution in [2.75, 3.05) is 26.2 Å². The van der Waals surface area contributed by atoms with Crippen LogP contribution < -0.4 is 0 Å². The average Bonchev–Trinajstić information content (AvgIpc) is 3.25. The van der Waals surface area contributed by atoms with Crippen LogP contribution in [0.25, 0.3) is 10.1 Å². The Kier molecular flexibility index (Phi) is 5.90. The molecule has 1 aliphatic heterocycles. The highest BCUT2D eigenvalue weighted by Gasteiger charge is 2.29. The molecule has 0 spiro atoms. The molecule has 5 heteroatoms. The maximum absolute atomic E-state index is 13.2. The molecular formula is C26H23BrN2OS. The molecular weight excluding hydrogens is 468 g/mol. The predicted molar refractivity (Wildman–Crippen MR) is 132 cm³/mol. The predicted octanol–water partition coefficient (Wildman–Crippen LogP) is 6.21. The molecule has 1 amide bonds. The number of fused-ring (bicyclic) bond motifs is 1. The second-order valence-corrected chi connectivity index (χ2v) is 9.67. The fourth-order valence-electron chi connectivity index (χ4n) is 4.39. The zero-order valence-electron chi connectivity index (χ0n) is 17.1. The van der Waals surface area contributed by atoms with Crippen LogP contribution in [-0.2, 0) is 0 Å². The van der Waals surface area contributed by atoms with Crippen molar-refractivity contribution in [1.82, 2.24) is 9.80 Å². The van der Waals surface area contributed by atoms with Crippen LogP contribution in [-0.4, -0.2) is 41.9 Å². The molecule has 1 saturated heterocycles. The molecule has 5 rings (SSSR count). The fourth-order valence-corrected chi connectivity index (χ4v) is 5.59. The van der Waals surface area contributed by atoms with E-state index in [1.165, 1.54) is 15.8 Å². The molecule has 31 heavy (non-hydrogen) atoms. The largest absolute Gasteiger partial charge is 0.336 e. The molecule has 156 valence electrons. The first-order chi connectivity index (χ1) is 15.2. The lowest BCUT2D eigenvalue weighted by Gasteiger charge is -2.39. The Hall–Kier alpha value is -2.47. The summed E-state index contributed by atoms with van der Waals surface area (Å²) in [7, 11) is 0. The molecule has 0 bridgehead atoms. The number of halogens is 1. The Morgan fingerprint density at radius 1 is 0.806 bits per heavy atom. The van der Waals surface area contributed by atoms with Crippen LogP contribution in [0.1, 0.15) is 27.5 Å². The van der Waals surface area contributed by atoms with Crippen molar-refractivity contribution < 1.29 is 4.79 Å². The smallest absolute Gasteiger partial charge is 0.255 e. The number of hydrogen-bond donors (Lipinski definition) is 0. The summed E-state index contributed by atoms with van der Waals surface area (Å²) in [5, 5.41) is 3.07. The molecule has 0 radical (unpaired) electrons. The van der Waals surface area contributed by atoms with E-state index in [1.54, 1.807) is 11.3 Å². The van der Waals surface area contributed by atoms with Gasteiger partial charge in [-0.15, -0.1) is 11.3 Å². The van der Waals surface area contributed by atoms with Gasteiger partial charge < -0.3 is 4.90 Å². The summed E-state index contributed by atoms with van der Waals surface area (Å²) in [6.45, 7) is 3.18. The van der Waals surface area contributed by atoms with Crippen molar-refractivity contribution in [1.29, 1.82) is 0 Å². The third-order valence-corrected chi connectivity index (χ3v) is 7.47. The molecule has 1 aromatic heterocycles. The number of benzene rings is 3. The molecule has 1 unspecified atom stereocenters. The van der Waals surface area contributed by atoms with Crippen LogP contribution in [0.15, 0.2) is 88.7 Å². The highest BCUT2D eigenvalue weighted by Crippen LogP contribution is 2.31. The first-order valence-electron chi connectivity index (χ1n) is 10.5. The Labute approximate surface area is 195 Å². The molecule has 3 nitrogen and oxygen atoms in total. The van der Waals surface area contributed by atoms with Gasteiger partial charge in [0.15, 0.2) is 0 Å². The van der Waals surface area contributed by atoms with Gasteiger partial charge in [-0.2, -0.15) is 0 Å². The van der Waals surface area contributed by atoms with E-state index in [-0.39, 0.29) is 11.9 Å². The second kappa shape index (κ2) is 8.95. The molecule has 1 aliphatic rings. The SMILES string of the molecule is O=C(c1csc2ccccc12)N1CCN(C(c2ccccc2)c2ccc(Br)cc2)CC1. The topological polar surface area (TPSA) is 23.6 Å². The number of rotatable bonds is 4. The third kappa shape index (κ3) is 4.18. The highest BCUT2D eigenvalue weighted by molar-refractivity contribution is 9.10. The number of amides is 1. The van der Waals surface area contributed by atoms with Gasteiger partial charge in [-0.1, -0.05) is 76.6 Å². The monoisotopic (exact) mass is 490 g/mol. The Morgan fingerprint density at radius 2 is 1.45 bits per heavy atom. The van der Waals surface area contributed by atoms with Crippen molar-refractivity contribution in [3.8, 4) is 0 Å². The quantitative estimate of drug-likeness (QED) is 0.339. The van der Waals surface area contributed by atoms with Crippen LogP contribution in [0.3, 0.4) is 0 Å². The first kappa shape index (κ1) is 20.4. The summed E-state index contributed by atoms with van der Waals surface area (Å²) in [5.41, 5.74) is 3.40. The Balaban J connectivity index is 1.36. The lowest BCUT2D eigenvalue weighted by Crippen LogP contribution is -2.49. The van der Waals surface area contributed by atoms with Gasteiger partial charge in [-0.05, 0) is 29.3 Å². The van der Waals surface area contributed by atoms with Crippen LogP contribution in [0, 0.1) is 0 Å². The zero-order valence-corrected chi connectivity index (χ0v) is 19.5. The maximum Gasteiger partial charge on any atom is 0.255 e. The van der Waals surface area contributed by atoms with E-state index in [1.807, 2.05) is 28.5 Å². The number of carbonyl (C=O) groups excluding carboxylic acids is 1. The number of piperazine rings is 1. The Bertz CT molecular complexity index is 1180. The van der Waals surface area contributed by atoms with Crippen LogP contribution >= 0.6 is 27.3 Å². The Morgan fingerprint density at radius 3 is 2.19 bits per heavy atom. The van der Waals surface area contributed by atoms with E-state index in [2.05, 4.69) is 81.5 Å². The van der Waals surface area contributed by atoms with Gasteiger partial charge in [-0.3, -0.25) is 9.69 Å². The second-order valence-electron chi connectivity index (χ2n) is 7.84. The molecule has 1 fully saturated rings. The summed E-state index contributed by atoms with van der Waals surface area (Å²) < 4.78 is 2.25. The number of thiophene rings is 1. The number of carbonyl (C=O) groups is 1. The minimum Gasteiger partial charge on any atom is -0.336 e. The van der Waals surface area contributed by atoms with E-state index >= 15 is 0 Å². The third-order valence-electron chi connectivity index (χ3n) is 5.98. The van der Waals surface area contributed by atoms with Gasteiger partial charge in [0.05, 0.1) is 11.6 Å². The van der Waals surface area contributed by atoms with E-state index < -0.39 is 0 Å². The van der Waals surface area contributed by atoms with Gasteiger partial charge in [-0.25, -0.2) is 0 Å². The van der Waals surface area contributed by atoms with Crippen LogP contribution in [0.5, 0.6) is 0 Å². The summed E-state index contributed by atoms with van der Waals surface area (Å²) >= 11 is 5.20. The van der Waals surface area contributed by atoms with E-state index in [4.69, 9.17) is 0 Å². The normalized spacial score (nSPS) is 15.8. The van der Waals surface area contributed by atoms with Gasteiger partial charge in [0.25, 0.3) is 5.91 Å². The summed E-state index contributed by atoms with van der Waals surface area (Å²) in [4.78, 5) is 17.7. The molecule has 2 heterocycles. The summed E-state index contributed by atoms with van der Waals surface area (Å²) in [6, 6.07) is 27.6. The summed E-state index contributed by atoms with van der Waals surface area (Å²) in [6.07, 6.45) is 0. The van der Waals surface area contributed by atoms with Crippen molar-refractivity contribution in [3.05, 3.63) is 105 Å². The lowest BCUT2D eigenvalue weighted by atomic mass is 9.96. The minimum absolute atomic E-state index is 0.150. The van der Waals surface area contributed by atoms with E-state index in [0.29, 0.717) is 0 Å². The van der Waals surface area contributed by atoms with Crippen molar-refractivity contribution in [2.24, 2.45) is 0 Å². The van der Waals surface area contributed by atoms with Gasteiger partial charge >= 0.3 is 0 Å². The number of hydrogen-bond acceptors (Lipinski definition) is 3. The lowest BCUT2D eigenvalue weighted by molar-refractivity contribution is 0.0599. The van der Waals surface area contributed by atoms with Crippen molar-refractivity contribution in [3.63, 3.8) is 0 Å². The van der Waals surface area contributed by atoms with Crippen molar-refractivity contribution >= 4 is 43.3 Å². The zero-order chi connectivity index (χ0) is 21.2. The molecule has 1 atom stereocenters. The molecule has 0 N–H and O–H groups in total. The van der Waals surface area contributed by atoms with Crippen LogP contribution in [0.4, 0.5) is 0 Å². The number of nitrogens with zero attached hydrogens (tertiary/aromatic N) is 2. The van der Waals surface area contributed by atoms with Crippen molar-refractivity contribution in [2.45, 2.75) is 6.04 Å². The standard InChI is InChI=1S/C26H23BrN2OS/c27-21-12-10-20(11-13-21)25(19-6-2-1-3-7-19)28-14-16-29(17-15-28)26(30)23-18-31-24-9-5-4-8-22(23)24/h1-13,18,25H,14-17H2. The van der Waals surface area contributed by atoms with Gasteiger partial charge in [0.1, 0.15) is 0 Å². The molecule has 4 aromatic rings. The van der Waals surface area contributed by atoms with Gasteiger partial charge in [0.2, 0.25) is 0 Å². The average molecular weight is 491 g/mol. The summed E-state index contributed by atoms with van der Waals surface area (Å²) in [5.74, 6) is 0.150. The first-order valence-corrected chi connectivity index (χ1v) is 12.2. The fraction of sp³-hybridized carbons (Fsp3) is 0.192. The van der Waals surface area contributed by atoms with E-state index in [9.17, 15) is 4.79 Å². The minimum atomic E-state index is 0.150. The molecule has 0 aliphatic carbocycles. The van der Waals surface area contributed by atoms with E-state index in [0.717, 1.165) is 41.6 Å². The van der Waals surface area contributed by atoms with Gasteiger partial charge in [0, 0.05) is 46.1 Å². The maximum atomic E-state index is 13.2. The van der Waals surface area contributed by atoms with Crippen LogP contribution in [0.2, 0.25) is 0 Å². The highest BCUT2D eigenvalue weighted by atomic mass is 79.9.